The van der Waals surface area contributed by atoms with Gasteiger partial charge < -0.3 is 16.0 Å². The lowest BCUT2D eigenvalue weighted by Gasteiger charge is -2.11. The number of hydrogen-bond donors (Lipinski definition) is 3. The van der Waals surface area contributed by atoms with Crippen LogP contribution in [0.15, 0.2) is 0 Å². The molecule has 0 radical (unpaired) electrons. The molecule has 0 saturated heterocycles. The van der Waals surface area contributed by atoms with Crippen LogP contribution in [0.2, 0.25) is 0 Å². The largest absolute Gasteiger partial charge is 0.355 e. The topological polar surface area (TPSA) is 70.2 Å². The van der Waals surface area contributed by atoms with Crippen LogP contribution in [-0.4, -0.2) is 38.0 Å². The van der Waals surface area contributed by atoms with Gasteiger partial charge in [0.15, 0.2) is 0 Å². The Labute approximate surface area is 91.0 Å². The van der Waals surface area contributed by atoms with Crippen LogP contribution in [0.25, 0.3) is 0 Å². The zero-order valence-electron chi connectivity index (χ0n) is 9.72. The van der Waals surface area contributed by atoms with E-state index in [0.29, 0.717) is 13.1 Å². The molecule has 1 unspecified atom stereocenters. The van der Waals surface area contributed by atoms with Gasteiger partial charge in [0, 0.05) is 19.0 Å². The van der Waals surface area contributed by atoms with Crippen molar-refractivity contribution in [3.63, 3.8) is 0 Å². The normalized spacial score (nSPS) is 11.9. The Balaban J connectivity index is 3.68. The van der Waals surface area contributed by atoms with Gasteiger partial charge in [-0.3, -0.25) is 9.59 Å². The predicted molar refractivity (Wildman–Crippen MR) is 59.4 cm³/mol. The van der Waals surface area contributed by atoms with Crippen molar-refractivity contribution in [1.82, 2.24) is 16.0 Å². The van der Waals surface area contributed by atoms with Gasteiger partial charge in [-0.25, -0.2) is 0 Å². The minimum absolute atomic E-state index is 0.0587. The van der Waals surface area contributed by atoms with Gasteiger partial charge >= 0.3 is 0 Å². The molecule has 0 aromatic carbocycles. The summed E-state index contributed by atoms with van der Waals surface area (Å²) >= 11 is 0. The lowest BCUT2D eigenvalue weighted by molar-refractivity contribution is -0.128. The van der Waals surface area contributed by atoms with Crippen LogP contribution in [-0.2, 0) is 9.59 Å². The van der Waals surface area contributed by atoms with Crippen LogP contribution in [0.4, 0.5) is 0 Å². The monoisotopic (exact) mass is 215 g/mol. The van der Waals surface area contributed by atoms with Crippen LogP contribution in [0.3, 0.4) is 0 Å². The van der Waals surface area contributed by atoms with Crippen LogP contribution in [0.1, 0.15) is 20.8 Å². The zero-order valence-corrected chi connectivity index (χ0v) is 9.72. The molecule has 88 valence electrons. The van der Waals surface area contributed by atoms with Gasteiger partial charge in [-0.2, -0.15) is 0 Å². The Morgan fingerprint density at radius 2 is 1.80 bits per heavy atom. The van der Waals surface area contributed by atoms with Crippen molar-refractivity contribution in [3.05, 3.63) is 0 Å². The molecule has 0 heterocycles. The highest BCUT2D eigenvalue weighted by Crippen LogP contribution is 1.91. The maximum Gasteiger partial charge on any atom is 0.239 e. The summed E-state index contributed by atoms with van der Waals surface area (Å²) in [6.45, 7) is 7.78. The number of rotatable bonds is 7. The molecule has 5 heteroatoms. The standard InChI is InChI=1S/C10H21N3O2/c1-4-11-6-8(3)10(15)13-7-9(14)12-5-2/h8,11H,4-7H2,1-3H3,(H,12,14)(H,13,15). The summed E-state index contributed by atoms with van der Waals surface area (Å²) < 4.78 is 0. The van der Waals surface area contributed by atoms with Crippen molar-refractivity contribution in [1.29, 1.82) is 0 Å². The third-order valence-corrected chi connectivity index (χ3v) is 1.95. The second-order valence-corrected chi connectivity index (χ2v) is 3.38. The summed E-state index contributed by atoms with van der Waals surface area (Å²) in [6, 6.07) is 0. The van der Waals surface area contributed by atoms with E-state index < -0.39 is 0 Å². The summed E-state index contributed by atoms with van der Waals surface area (Å²) in [5.74, 6) is -0.358. The predicted octanol–water partition coefficient (Wildman–Crippen LogP) is -0.516. The Morgan fingerprint density at radius 1 is 1.13 bits per heavy atom. The fourth-order valence-electron chi connectivity index (χ4n) is 1.05. The average Bonchev–Trinajstić information content (AvgIpc) is 2.22. The minimum atomic E-state index is -0.151. The first-order valence-electron chi connectivity index (χ1n) is 5.36. The lowest BCUT2D eigenvalue weighted by Crippen LogP contribution is -2.41. The second-order valence-electron chi connectivity index (χ2n) is 3.38. The third kappa shape index (κ3) is 6.90. The smallest absolute Gasteiger partial charge is 0.239 e. The Bertz CT molecular complexity index is 207. The molecule has 3 N–H and O–H groups in total. The third-order valence-electron chi connectivity index (χ3n) is 1.95. The number of carbonyl (C=O) groups excluding carboxylic acids is 2. The van der Waals surface area contributed by atoms with Gasteiger partial charge in [-0.15, -0.1) is 0 Å². The van der Waals surface area contributed by atoms with Crippen molar-refractivity contribution in [2.45, 2.75) is 20.8 Å². The van der Waals surface area contributed by atoms with Crippen LogP contribution >= 0.6 is 0 Å². The molecule has 0 fully saturated rings. The first-order chi connectivity index (χ1) is 7.11. The van der Waals surface area contributed by atoms with Gasteiger partial charge in [-0.05, 0) is 13.5 Å². The van der Waals surface area contributed by atoms with E-state index in [0.717, 1.165) is 6.54 Å². The highest BCUT2D eigenvalue weighted by Gasteiger charge is 2.12. The maximum absolute atomic E-state index is 11.4. The molecule has 0 aliphatic heterocycles. The summed E-state index contributed by atoms with van der Waals surface area (Å²) in [5.41, 5.74) is 0. The first kappa shape index (κ1) is 13.9. The fraction of sp³-hybridized carbons (Fsp3) is 0.800. The van der Waals surface area contributed by atoms with E-state index in [4.69, 9.17) is 0 Å². The van der Waals surface area contributed by atoms with Crippen molar-refractivity contribution >= 4 is 11.8 Å². The molecule has 0 aromatic rings. The molecule has 15 heavy (non-hydrogen) atoms. The molecular formula is C10H21N3O2. The summed E-state index contributed by atoms with van der Waals surface area (Å²) in [6.07, 6.45) is 0. The van der Waals surface area contributed by atoms with E-state index in [9.17, 15) is 9.59 Å². The molecule has 5 nitrogen and oxygen atoms in total. The quantitative estimate of drug-likeness (QED) is 0.535. The van der Waals surface area contributed by atoms with Gasteiger partial charge in [0.2, 0.25) is 11.8 Å². The maximum atomic E-state index is 11.4. The second kappa shape index (κ2) is 8.23. The van der Waals surface area contributed by atoms with E-state index in [1.807, 2.05) is 20.8 Å². The van der Waals surface area contributed by atoms with E-state index in [2.05, 4.69) is 16.0 Å². The molecule has 0 aliphatic rings. The summed E-state index contributed by atoms with van der Waals surface area (Å²) in [4.78, 5) is 22.5. The number of carbonyl (C=O) groups is 2. The number of likely N-dealkylation sites (N-methyl/N-ethyl adjacent to an activating group) is 1. The molecule has 0 bridgehead atoms. The fourth-order valence-corrected chi connectivity index (χ4v) is 1.05. The molecule has 0 aromatic heterocycles. The van der Waals surface area contributed by atoms with Crippen LogP contribution < -0.4 is 16.0 Å². The first-order valence-corrected chi connectivity index (χ1v) is 5.36. The number of nitrogens with one attached hydrogen (secondary N) is 3. The molecular weight excluding hydrogens is 194 g/mol. The number of hydrogen-bond acceptors (Lipinski definition) is 3. The highest BCUT2D eigenvalue weighted by atomic mass is 16.2. The molecule has 0 saturated carbocycles. The van der Waals surface area contributed by atoms with Gasteiger partial charge in [-0.1, -0.05) is 13.8 Å². The van der Waals surface area contributed by atoms with Crippen molar-refractivity contribution < 1.29 is 9.59 Å². The highest BCUT2D eigenvalue weighted by molar-refractivity contribution is 5.85. The van der Waals surface area contributed by atoms with Gasteiger partial charge in [0.05, 0.1) is 6.54 Å². The average molecular weight is 215 g/mol. The SMILES string of the molecule is CCNCC(C)C(=O)NCC(=O)NCC. The van der Waals surface area contributed by atoms with Crippen molar-refractivity contribution in [2.24, 2.45) is 5.92 Å². The van der Waals surface area contributed by atoms with Gasteiger partial charge in [0.25, 0.3) is 0 Å². The van der Waals surface area contributed by atoms with Crippen molar-refractivity contribution in [3.8, 4) is 0 Å². The molecule has 0 rings (SSSR count). The van der Waals surface area contributed by atoms with E-state index in [1.54, 1.807) is 0 Å². The lowest BCUT2D eigenvalue weighted by atomic mass is 10.1. The van der Waals surface area contributed by atoms with E-state index >= 15 is 0 Å². The van der Waals surface area contributed by atoms with Crippen molar-refractivity contribution in [2.75, 3.05) is 26.2 Å². The van der Waals surface area contributed by atoms with Gasteiger partial charge in [0.1, 0.15) is 0 Å². The van der Waals surface area contributed by atoms with Crippen LogP contribution in [0.5, 0.6) is 0 Å². The molecule has 0 spiro atoms. The molecule has 1 atom stereocenters. The van der Waals surface area contributed by atoms with Crippen LogP contribution in [0, 0.1) is 5.92 Å². The van der Waals surface area contributed by atoms with E-state index in [-0.39, 0.29) is 24.3 Å². The molecule has 2 amide bonds. The Kier molecular flexibility index (Phi) is 7.62. The minimum Gasteiger partial charge on any atom is -0.355 e. The summed E-state index contributed by atoms with van der Waals surface area (Å²) in [7, 11) is 0. The Morgan fingerprint density at radius 3 is 2.33 bits per heavy atom. The zero-order chi connectivity index (χ0) is 11.7. The molecule has 0 aliphatic carbocycles. The number of amides is 2. The Hall–Kier alpha value is -1.10. The van der Waals surface area contributed by atoms with E-state index in [1.165, 1.54) is 0 Å². The summed E-state index contributed by atoms with van der Waals surface area (Å²) in [5, 5.41) is 8.28.